The number of carboxylic acids is 1. The third-order valence-corrected chi connectivity index (χ3v) is 4.59. The second-order valence-electron chi connectivity index (χ2n) is 6.94. The average molecular weight is 442 g/mol. The number of ether oxygens (including phenoxy) is 2. The minimum absolute atomic E-state index is 0.0314. The van der Waals surface area contributed by atoms with E-state index in [2.05, 4.69) is 5.32 Å². The molecule has 0 aliphatic heterocycles. The summed E-state index contributed by atoms with van der Waals surface area (Å²) in [5, 5.41) is 21.0. The molecule has 0 heterocycles. The first-order chi connectivity index (χ1) is 16.0. The number of aromatic carboxylic acids is 1. The maximum Gasteiger partial charge on any atom is 0.335 e. The summed E-state index contributed by atoms with van der Waals surface area (Å²) in [6.45, 7) is 2.72. The highest BCUT2D eigenvalue weighted by Gasteiger charge is 2.10. The zero-order valence-electron chi connectivity index (χ0n) is 17.9. The highest BCUT2D eigenvalue weighted by Crippen LogP contribution is 2.19. The quantitative estimate of drug-likeness (QED) is 0.360. The number of carbonyl (C=O) groups is 2. The van der Waals surface area contributed by atoms with E-state index in [1.54, 1.807) is 60.7 Å². The van der Waals surface area contributed by atoms with Crippen LogP contribution in [-0.4, -0.2) is 23.6 Å². The number of anilines is 1. The number of rotatable bonds is 9. The second kappa shape index (κ2) is 11.2. The van der Waals surface area contributed by atoms with Gasteiger partial charge in [-0.25, -0.2) is 4.79 Å². The summed E-state index contributed by atoms with van der Waals surface area (Å²) in [5.41, 5.74) is 2.25. The fourth-order valence-corrected chi connectivity index (χ4v) is 2.89. The number of nitrogens with zero attached hydrogens (tertiary/aromatic N) is 1. The van der Waals surface area contributed by atoms with Crippen molar-refractivity contribution in [2.75, 3.05) is 11.9 Å². The first-order valence-corrected chi connectivity index (χ1v) is 10.2. The fraction of sp³-hybridized carbons (Fsp3) is 0.115. The molecule has 3 aromatic rings. The molecule has 0 aromatic heterocycles. The van der Waals surface area contributed by atoms with Crippen molar-refractivity contribution >= 4 is 23.6 Å². The summed E-state index contributed by atoms with van der Waals surface area (Å²) in [6.07, 6.45) is 1.50. The molecule has 1 amide bonds. The van der Waals surface area contributed by atoms with E-state index >= 15 is 0 Å². The minimum Gasteiger partial charge on any atom is -0.494 e. The maximum absolute atomic E-state index is 12.5. The highest BCUT2D eigenvalue weighted by molar-refractivity contribution is 6.09. The molecule has 3 rings (SSSR count). The number of carbonyl (C=O) groups excluding carboxylic acids is 1. The molecule has 0 spiro atoms. The smallest absolute Gasteiger partial charge is 0.335 e. The Hall–Kier alpha value is -4.57. The predicted octanol–water partition coefficient (Wildman–Crippen LogP) is 4.91. The highest BCUT2D eigenvalue weighted by atomic mass is 16.5. The van der Waals surface area contributed by atoms with Crippen LogP contribution < -0.4 is 14.8 Å². The number of nitriles is 1. The Morgan fingerprint density at radius 2 is 1.55 bits per heavy atom. The molecule has 2 N–H and O–H groups in total. The molecule has 7 nitrogen and oxygen atoms in total. The average Bonchev–Trinajstić information content (AvgIpc) is 2.83. The Labute approximate surface area is 191 Å². The molecule has 0 radical (unpaired) electrons. The minimum atomic E-state index is -0.976. The summed E-state index contributed by atoms with van der Waals surface area (Å²) in [7, 11) is 0. The van der Waals surface area contributed by atoms with Crippen molar-refractivity contribution < 1.29 is 24.2 Å². The van der Waals surface area contributed by atoms with Crippen LogP contribution in [0.15, 0.2) is 78.4 Å². The zero-order chi connectivity index (χ0) is 23.6. The van der Waals surface area contributed by atoms with Gasteiger partial charge in [-0.3, -0.25) is 4.79 Å². The molecule has 0 aliphatic carbocycles. The topological polar surface area (TPSA) is 109 Å². The van der Waals surface area contributed by atoms with Gasteiger partial charge in [-0.05, 0) is 72.7 Å². The number of hydrogen-bond donors (Lipinski definition) is 2. The molecule has 0 fully saturated rings. The Balaban J connectivity index is 1.59. The Kier molecular flexibility index (Phi) is 7.81. The van der Waals surface area contributed by atoms with Crippen LogP contribution in [0.3, 0.4) is 0 Å². The first-order valence-electron chi connectivity index (χ1n) is 10.2. The molecule has 0 unspecified atom stereocenters. The van der Waals surface area contributed by atoms with Gasteiger partial charge in [-0.15, -0.1) is 0 Å². The Bertz CT molecular complexity index is 1180. The fourth-order valence-electron chi connectivity index (χ4n) is 2.89. The predicted molar refractivity (Wildman–Crippen MR) is 124 cm³/mol. The maximum atomic E-state index is 12.5. The molecule has 0 bridgehead atoms. The van der Waals surface area contributed by atoms with Gasteiger partial charge in [0.25, 0.3) is 5.91 Å². The summed E-state index contributed by atoms with van der Waals surface area (Å²) in [4.78, 5) is 23.4. The van der Waals surface area contributed by atoms with Gasteiger partial charge in [0, 0.05) is 5.69 Å². The van der Waals surface area contributed by atoms with Crippen LogP contribution in [0.4, 0.5) is 5.69 Å². The molecule has 3 aromatic carbocycles. The lowest BCUT2D eigenvalue weighted by molar-refractivity contribution is -0.112. The van der Waals surface area contributed by atoms with E-state index in [1.807, 2.05) is 13.0 Å². The van der Waals surface area contributed by atoms with E-state index in [-0.39, 0.29) is 17.7 Å². The number of amides is 1. The van der Waals surface area contributed by atoms with Crippen molar-refractivity contribution in [2.45, 2.75) is 13.5 Å². The van der Waals surface area contributed by atoms with Crippen molar-refractivity contribution in [1.82, 2.24) is 0 Å². The molecule has 0 atom stereocenters. The van der Waals surface area contributed by atoms with Gasteiger partial charge < -0.3 is 19.9 Å². The number of nitrogens with one attached hydrogen (secondary N) is 1. The van der Waals surface area contributed by atoms with Crippen molar-refractivity contribution in [3.63, 3.8) is 0 Å². The molecule has 33 heavy (non-hydrogen) atoms. The molecular weight excluding hydrogens is 420 g/mol. The van der Waals surface area contributed by atoms with E-state index in [9.17, 15) is 14.9 Å². The van der Waals surface area contributed by atoms with E-state index in [1.165, 1.54) is 18.2 Å². The van der Waals surface area contributed by atoms with Gasteiger partial charge in [0.15, 0.2) is 0 Å². The van der Waals surface area contributed by atoms with Gasteiger partial charge in [0.2, 0.25) is 0 Å². The van der Waals surface area contributed by atoms with Crippen LogP contribution in [0.25, 0.3) is 6.08 Å². The third kappa shape index (κ3) is 6.71. The van der Waals surface area contributed by atoms with E-state index in [0.29, 0.717) is 29.4 Å². The Morgan fingerprint density at radius 1 is 0.939 bits per heavy atom. The molecule has 7 heteroatoms. The van der Waals surface area contributed by atoms with Gasteiger partial charge in [-0.2, -0.15) is 5.26 Å². The van der Waals surface area contributed by atoms with Gasteiger partial charge in [0.05, 0.1) is 12.2 Å². The SMILES string of the molecule is CCOc1ccc(NC(=O)/C(C#N)=C\c2ccc(OCc3ccc(C(=O)O)cc3)cc2)cc1. The van der Waals surface area contributed by atoms with Crippen LogP contribution in [0.2, 0.25) is 0 Å². The first kappa shape index (κ1) is 23.1. The summed E-state index contributed by atoms with van der Waals surface area (Å²) >= 11 is 0. The molecular formula is C26H22N2O5. The number of carboxylic acid groups (broad SMARTS) is 1. The lowest BCUT2D eigenvalue weighted by Gasteiger charge is -2.08. The zero-order valence-corrected chi connectivity index (χ0v) is 17.9. The summed E-state index contributed by atoms with van der Waals surface area (Å²) in [6, 6.07) is 22.2. The van der Waals surface area contributed by atoms with Gasteiger partial charge >= 0.3 is 5.97 Å². The standard InChI is InChI=1S/C26H22N2O5/c1-2-32-23-13-9-22(10-14-23)28-25(29)21(16-27)15-18-5-11-24(12-6-18)33-17-19-3-7-20(8-4-19)26(30)31/h3-15H,2,17H2,1H3,(H,28,29)(H,30,31)/b21-15-. The number of hydrogen-bond acceptors (Lipinski definition) is 5. The Morgan fingerprint density at radius 3 is 2.12 bits per heavy atom. The monoisotopic (exact) mass is 442 g/mol. The lowest BCUT2D eigenvalue weighted by atomic mass is 10.1. The lowest BCUT2D eigenvalue weighted by Crippen LogP contribution is -2.13. The van der Waals surface area contributed by atoms with Gasteiger partial charge in [0.1, 0.15) is 29.7 Å². The van der Waals surface area contributed by atoms with Crippen molar-refractivity contribution in [3.05, 3.63) is 95.1 Å². The van der Waals surface area contributed by atoms with Crippen LogP contribution >= 0.6 is 0 Å². The van der Waals surface area contributed by atoms with Crippen molar-refractivity contribution in [2.24, 2.45) is 0 Å². The number of benzene rings is 3. The molecule has 0 saturated carbocycles. The molecule has 166 valence electrons. The second-order valence-corrected chi connectivity index (χ2v) is 6.94. The van der Waals surface area contributed by atoms with Crippen LogP contribution in [0.5, 0.6) is 11.5 Å². The van der Waals surface area contributed by atoms with Crippen LogP contribution in [0, 0.1) is 11.3 Å². The van der Waals surface area contributed by atoms with E-state index in [4.69, 9.17) is 14.6 Å². The van der Waals surface area contributed by atoms with E-state index in [0.717, 1.165) is 5.56 Å². The molecule has 0 saturated heterocycles. The summed E-state index contributed by atoms with van der Waals surface area (Å²) in [5.74, 6) is -0.180. The molecule has 0 aliphatic rings. The normalized spacial score (nSPS) is 10.7. The third-order valence-electron chi connectivity index (χ3n) is 4.59. The van der Waals surface area contributed by atoms with Gasteiger partial charge in [-0.1, -0.05) is 24.3 Å². The largest absolute Gasteiger partial charge is 0.494 e. The summed E-state index contributed by atoms with van der Waals surface area (Å²) < 4.78 is 11.1. The van der Waals surface area contributed by atoms with Crippen LogP contribution in [-0.2, 0) is 11.4 Å². The van der Waals surface area contributed by atoms with Crippen molar-refractivity contribution in [1.29, 1.82) is 5.26 Å². The van der Waals surface area contributed by atoms with Crippen molar-refractivity contribution in [3.8, 4) is 17.6 Å². The van der Waals surface area contributed by atoms with E-state index < -0.39 is 11.9 Å². The van der Waals surface area contributed by atoms with Crippen LogP contribution in [0.1, 0.15) is 28.4 Å².